The van der Waals surface area contributed by atoms with E-state index in [1.165, 1.54) is 0 Å². The van der Waals surface area contributed by atoms with Crippen molar-refractivity contribution in [2.24, 2.45) is 16.7 Å². The number of rotatable bonds is 5. The topological polar surface area (TPSA) is 44.8 Å². The van der Waals surface area contributed by atoms with Gasteiger partial charge in [-0.3, -0.25) is 4.79 Å². The Balaban J connectivity index is 1.52. The Kier molecular flexibility index (Phi) is 5.10. The van der Waals surface area contributed by atoms with Gasteiger partial charge in [0.05, 0.1) is 19.1 Å². The molecule has 0 bridgehead atoms. The van der Waals surface area contributed by atoms with Crippen LogP contribution in [0.15, 0.2) is 18.2 Å². The lowest BCUT2D eigenvalue weighted by Gasteiger charge is -2.41. The summed E-state index contributed by atoms with van der Waals surface area (Å²) < 4.78 is 44.1. The second kappa shape index (κ2) is 6.89. The van der Waals surface area contributed by atoms with E-state index in [4.69, 9.17) is 14.2 Å². The summed E-state index contributed by atoms with van der Waals surface area (Å²) in [5.41, 5.74) is -0.285. The Morgan fingerprint density at radius 3 is 2.58 bits per heavy atom. The van der Waals surface area contributed by atoms with Gasteiger partial charge in [0, 0.05) is 16.7 Å². The number of carbonyl (C=O) groups is 1. The Labute approximate surface area is 152 Å². The first-order chi connectivity index (χ1) is 12.1. The fourth-order valence-corrected chi connectivity index (χ4v) is 3.17. The van der Waals surface area contributed by atoms with Gasteiger partial charge < -0.3 is 14.2 Å². The number of carbonyl (C=O) groups excluding carboxylic acids is 1. The van der Waals surface area contributed by atoms with Crippen LogP contribution in [-0.2, 0) is 19.0 Å². The molecule has 4 nitrogen and oxygen atoms in total. The summed E-state index contributed by atoms with van der Waals surface area (Å²) in [5, 5.41) is 0. The minimum Gasteiger partial charge on any atom is -0.465 e. The lowest BCUT2D eigenvalue weighted by molar-refractivity contribution is -0.269. The zero-order valence-electron chi connectivity index (χ0n) is 15.7. The minimum absolute atomic E-state index is 0.0283. The van der Waals surface area contributed by atoms with Crippen LogP contribution in [0.2, 0.25) is 0 Å². The van der Waals surface area contributed by atoms with Crippen molar-refractivity contribution in [3.8, 4) is 0 Å². The molecule has 1 aliphatic heterocycles. The monoisotopic (exact) mass is 368 g/mol. The molecule has 1 heterocycles. The van der Waals surface area contributed by atoms with E-state index in [0.717, 1.165) is 18.2 Å². The minimum atomic E-state index is -0.504. The number of hydrogen-bond acceptors (Lipinski definition) is 4. The molecule has 0 amide bonds. The van der Waals surface area contributed by atoms with Crippen molar-refractivity contribution in [3.05, 3.63) is 35.4 Å². The molecule has 2 fully saturated rings. The number of ether oxygens (including phenoxy) is 3. The van der Waals surface area contributed by atoms with Crippen molar-refractivity contribution in [2.75, 3.05) is 19.8 Å². The van der Waals surface area contributed by atoms with Crippen LogP contribution in [0.5, 0.6) is 0 Å². The number of halogens is 2. The lowest BCUT2D eigenvalue weighted by atomic mass is 9.90. The molecule has 6 heteroatoms. The molecule has 26 heavy (non-hydrogen) atoms. The average molecular weight is 368 g/mol. The van der Waals surface area contributed by atoms with Gasteiger partial charge in [0.1, 0.15) is 18.2 Å². The Morgan fingerprint density at radius 1 is 1.27 bits per heavy atom. The molecule has 1 aliphatic carbocycles. The summed E-state index contributed by atoms with van der Waals surface area (Å²) in [6.07, 6.45) is 0.0311. The third-order valence-corrected chi connectivity index (χ3v) is 4.93. The maximum absolute atomic E-state index is 13.8. The molecule has 144 valence electrons. The predicted molar refractivity (Wildman–Crippen MR) is 91.4 cm³/mol. The highest BCUT2D eigenvalue weighted by Gasteiger charge is 2.47. The molecule has 0 N–H and O–H groups in total. The molecular formula is C20H26F2O4. The molecule has 0 unspecified atom stereocenters. The Bertz CT molecular complexity index is 676. The summed E-state index contributed by atoms with van der Waals surface area (Å²) >= 11 is 0. The molecule has 2 aliphatic rings. The molecule has 1 aromatic carbocycles. The molecule has 1 saturated heterocycles. The molecule has 0 radical (unpaired) electrons. The van der Waals surface area contributed by atoms with E-state index in [0.29, 0.717) is 19.6 Å². The highest BCUT2D eigenvalue weighted by atomic mass is 19.1. The van der Waals surface area contributed by atoms with Gasteiger partial charge in [0.2, 0.25) is 0 Å². The summed E-state index contributed by atoms with van der Waals surface area (Å²) in [7, 11) is 0. The fraction of sp³-hybridized carbons (Fsp3) is 0.650. The second-order valence-electron chi connectivity index (χ2n) is 8.83. The van der Waals surface area contributed by atoms with Crippen LogP contribution < -0.4 is 0 Å². The van der Waals surface area contributed by atoms with Crippen molar-refractivity contribution in [1.82, 2.24) is 0 Å². The summed E-state index contributed by atoms with van der Waals surface area (Å²) in [6.45, 7) is 9.27. The number of esters is 1. The van der Waals surface area contributed by atoms with Crippen molar-refractivity contribution in [3.63, 3.8) is 0 Å². The van der Waals surface area contributed by atoms with E-state index in [-0.39, 0.29) is 29.5 Å². The highest BCUT2D eigenvalue weighted by Crippen LogP contribution is 2.49. The van der Waals surface area contributed by atoms with E-state index in [2.05, 4.69) is 13.8 Å². The van der Waals surface area contributed by atoms with Crippen molar-refractivity contribution in [2.45, 2.75) is 46.3 Å². The van der Waals surface area contributed by atoms with E-state index in [1.54, 1.807) is 0 Å². The van der Waals surface area contributed by atoms with Crippen LogP contribution in [0.3, 0.4) is 0 Å². The van der Waals surface area contributed by atoms with Gasteiger partial charge in [-0.25, -0.2) is 8.78 Å². The fourth-order valence-electron chi connectivity index (χ4n) is 3.17. The van der Waals surface area contributed by atoms with Crippen molar-refractivity contribution in [1.29, 1.82) is 0 Å². The third kappa shape index (κ3) is 4.23. The summed E-state index contributed by atoms with van der Waals surface area (Å²) in [6, 6.07) is 3.32. The maximum Gasteiger partial charge on any atom is 0.309 e. The Hall–Kier alpha value is -1.53. The number of hydrogen-bond donors (Lipinski definition) is 0. The van der Waals surface area contributed by atoms with Crippen molar-refractivity contribution >= 4 is 5.97 Å². The predicted octanol–water partition coefficient (Wildman–Crippen LogP) is 4.04. The van der Waals surface area contributed by atoms with Gasteiger partial charge in [0.25, 0.3) is 0 Å². The van der Waals surface area contributed by atoms with E-state index < -0.39 is 29.3 Å². The van der Waals surface area contributed by atoms with Gasteiger partial charge >= 0.3 is 5.97 Å². The lowest BCUT2D eigenvalue weighted by Crippen LogP contribution is -2.46. The molecule has 0 spiro atoms. The van der Waals surface area contributed by atoms with Gasteiger partial charge in [-0.05, 0) is 30.2 Å². The third-order valence-electron chi connectivity index (χ3n) is 4.93. The first-order valence-electron chi connectivity index (χ1n) is 8.94. The highest BCUT2D eigenvalue weighted by molar-refractivity contribution is 5.77. The summed E-state index contributed by atoms with van der Waals surface area (Å²) in [5.74, 6) is -2.11. The van der Waals surface area contributed by atoms with Crippen molar-refractivity contribution < 1.29 is 27.8 Å². The molecular weight excluding hydrogens is 342 g/mol. The quantitative estimate of drug-likeness (QED) is 0.736. The largest absolute Gasteiger partial charge is 0.465 e. The zero-order chi connectivity index (χ0) is 19.1. The standard InChI is InChI=1S/C20H26F2O4/c1-19(2)9-25-18(26-10-19)20(3,4)11-24-17(23)15-8-13(15)14-7-12(21)5-6-16(14)22/h5-7,13,15,18H,8-11H2,1-4H3/t13-,15-/m0/s1. The van der Waals surface area contributed by atoms with Gasteiger partial charge in [0.15, 0.2) is 6.29 Å². The van der Waals surface area contributed by atoms with E-state index in [9.17, 15) is 13.6 Å². The maximum atomic E-state index is 13.8. The SMILES string of the molecule is CC1(C)COC(C(C)(C)COC(=O)[C@H]2C[C@H]2c2cc(F)ccc2F)OC1. The molecule has 0 aromatic heterocycles. The smallest absolute Gasteiger partial charge is 0.309 e. The molecule has 2 atom stereocenters. The van der Waals surface area contributed by atoms with Gasteiger partial charge in [-0.15, -0.1) is 0 Å². The number of benzene rings is 1. The van der Waals surface area contributed by atoms with Crippen LogP contribution >= 0.6 is 0 Å². The molecule has 3 rings (SSSR count). The first-order valence-corrected chi connectivity index (χ1v) is 8.94. The van der Waals surface area contributed by atoms with E-state index in [1.807, 2.05) is 13.8 Å². The van der Waals surface area contributed by atoms with Gasteiger partial charge in [-0.1, -0.05) is 27.7 Å². The molecule has 1 aromatic rings. The van der Waals surface area contributed by atoms with Crippen LogP contribution in [0.4, 0.5) is 8.78 Å². The van der Waals surface area contributed by atoms with Crippen LogP contribution in [0.1, 0.15) is 45.6 Å². The average Bonchev–Trinajstić information content (AvgIpc) is 3.35. The first kappa shape index (κ1) is 19.2. The van der Waals surface area contributed by atoms with E-state index >= 15 is 0 Å². The Morgan fingerprint density at radius 2 is 1.92 bits per heavy atom. The van der Waals surface area contributed by atoms with Crippen LogP contribution in [0.25, 0.3) is 0 Å². The zero-order valence-corrected chi connectivity index (χ0v) is 15.7. The van der Waals surface area contributed by atoms with Crippen LogP contribution in [-0.4, -0.2) is 32.1 Å². The molecule has 1 saturated carbocycles. The second-order valence-corrected chi connectivity index (χ2v) is 8.83. The summed E-state index contributed by atoms with van der Waals surface area (Å²) in [4.78, 5) is 12.3. The van der Waals surface area contributed by atoms with Crippen LogP contribution in [0, 0.1) is 28.4 Å². The normalized spacial score (nSPS) is 25.8. The van der Waals surface area contributed by atoms with Gasteiger partial charge in [-0.2, -0.15) is 0 Å².